The summed E-state index contributed by atoms with van der Waals surface area (Å²) in [5.41, 5.74) is 1.13. The van der Waals surface area contributed by atoms with Crippen molar-refractivity contribution in [3.05, 3.63) is 52.5 Å². The molecule has 0 radical (unpaired) electrons. The SMILES string of the molecule is CCn1c(SCC(=O)Nc2cc(Cl)cc(Cl)c2)nnc1-c1ccccc1O. The Balaban J connectivity index is 1.71. The molecule has 0 saturated heterocycles. The Bertz CT molecular complexity index is 957. The fourth-order valence-corrected chi connectivity index (χ4v) is 3.82. The first-order chi connectivity index (χ1) is 13.0. The van der Waals surface area contributed by atoms with E-state index >= 15 is 0 Å². The molecule has 0 unspecified atom stereocenters. The maximum Gasteiger partial charge on any atom is 0.234 e. The number of anilines is 1. The minimum atomic E-state index is -0.215. The van der Waals surface area contributed by atoms with Gasteiger partial charge in [-0.15, -0.1) is 10.2 Å². The maximum atomic E-state index is 12.2. The van der Waals surface area contributed by atoms with E-state index < -0.39 is 0 Å². The fourth-order valence-electron chi connectivity index (χ4n) is 2.50. The van der Waals surface area contributed by atoms with Crippen molar-refractivity contribution in [2.24, 2.45) is 0 Å². The van der Waals surface area contributed by atoms with Gasteiger partial charge in [0, 0.05) is 22.3 Å². The van der Waals surface area contributed by atoms with Gasteiger partial charge in [0.05, 0.1) is 11.3 Å². The van der Waals surface area contributed by atoms with Gasteiger partial charge in [-0.05, 0) is 37.3 Å². The molecular weight excluding hydrogens is 407 g/mol. The van der Waals surface area contributed by atoms with E-state index in [0.717, 1.165) is 0 Å². The first-order valence-corrected chi connectivity index (χ1v) is 9.82. The van der Waals surface area contributed by atoms with Gasteiger partial charge in [-0.2, -0.15) is 0 Å². The number of nitrogens with zero attached hydrogens (tertiary/aromatic N) is 3. The number of benzene rings is 2. The Hall–Kier alpha value is -2.22. The molecule has 140 valence electrons. The molecule has 1 amide bonds. The number of nitrogens with one attached hydrogen (secondary N) is 1. The molecular formula is C18H16Cl2N4O2S. The van der Waals surface area contributed by atoms with E-state index in [1.165, 1.54) is 11.8 Å². The summed E-state index contributed by atoms with van der Waals surface area (Å²) in [7, 11) is 0. The number of rotatable bonds is 6. The first kappa shape index (κ1) is 19.5. The highest BCUT2D eigenvalue weighted by molar-refractivity contribution is 7.99. The van der Waals surface area contributed by atoms with Crippen LogP contribution in [0.15, 0.2) is 47.6 Å². The van der Waals surface area contributed by atoms with Crippen molar-refractivity contribution in [2.45, 2.75) is 18.6 Å². The van der Waals surface area contributed by atoms with E-state index in [1.807, 2.05) is 17.6 Å². The van der Waals surface area contributed by atoms with Gasteiger partial charge in [0.25, 0.3) is 0 Å². The fraction of sp³-hybridized carbons (Fsp3) is 0.167. The Morgan fingerprint density at radius 2 is 1.89 bits per heavy atom. The predicted octanol–water partition coefficient (Wildman–Crippen LogP) is 4.71. The Kier molecular flexibility index (Phi) is 6.26. The molecule has 1 aromatic heterocycles. The maximum absolute atomic E-state index is 12.2. The van der Waals surface area contributed by atoms with Gasteiger partial charge in [-0.3, -0.25) is 4.79 Å². The molecule has 9 heteroatoms. The normalized spacial score (nSPS) is 10.8. The summed E-state index contributed by atoms with van der Waals surface area (Å²) in [5, 5.41) is 22.6. The molecule has 3 aromatic rings. The molecule has 2 N–H and O–H groups in total. The second kappa shape index (κ2) is 8.65. The summed E-state index contributed by atoms with van der Waals surface area (Å²) in [6, 6.07) is 11.8. The number of hydrogen-bond acceptors (Lipinski definition) is 5. The zero-order valence-corrected chi connectivity index (χ0v) is 16.6. The monoisotopic (exact) mass is 422 g/mol. The second-order valence-corrected chi connectivity index (χ2v) is 7.38. The van der Waals surface area contributed by atoms with Gasteiger partial charge in [-0.1, -0.05) is 47.1 Å². The summed E-state index contributed by atoms with van der Waals surface area (Å²) < 4.78 is 1.85. The van der Waals surface area contributed by atoms with Crippen LogP contribution >= 0.6 is 35.0 Å². The van der Waals surface area contributed by atoms with E-state index in [4.69, 9.17) is 23.2 Å². The second-order valence-electron chi connectivity index (χ2n) is 5.56. The first-order valence-electron chi connectivity index (χ1n) is 8.08. The molecule has 0 spiro atoms. The Morgan fingerprint density at radius 3 is 2.56 bits per heavy atom. The number of thioether (sulfide) groups is 1. The molecule has 0 atom stereocenters. The zero-order chi connectivity index (χ0) is 19.4. The minimum Gasteiger partial charge on any atom is -0.507 e. The van der Waals surface area contributed by atoms with Crippen LogP contribution in [0.2, 0.25) is 10.0 Å². The lowest BCUT2D eigenvalue weighted by Gasteiger charge is -2.09. The van der Waals surface area contributed by atoms with Crippen LogP contribution in [-0.2, 0) is 11.3 Å². The van der Waals surface area contributed by atoms with Crippen molar-refractivity contribution in [2.75, 3.05) is 11.1 Å². The summed E-state index contributed by atoms with van der Waals surface area (Å²) in [4.78, 5) is 12.2. The van der Waals surface area contributed by atoms with Crippen LogP contribution in [0.4, 0.5) is 5.69 Å². The van der Waals surface area contributed by atoms with E-state index in [2.05, 4.69) is 15.5 Å². The van der Waals surface area contributed by atoms with Gasteiger partial charge in [0.1, 0.15) is 5.75 Å². The van der Waals surface area contributed by atoms with Crippen molar-refractivity contribution < 1.29 is 9.90 Å². The number of carbonyl (C=O) groups excluding carboxylic acids is 1. The summed E-state index contributed by atoms with van der Waals surface area (Å²) in [6.07, 6.45) is 0. The van der Waals surface area contributed by atoms with E-state index in [9.17, 15) is 9.90 Å². The third-order valence-corrected chi connectivity index (χ3v) is 5.06. The molecule has 0 aliphatic rings. The third-order valence-electron chi connectivity index (χ3n) is 3.66. The topological polar surface area (TPSA) is 80.0 Å². The largest absolute Gasteiger partial charge is 0.507 e. The number of aromatic nitrogens is 3. The van der Waals surface area contributed by atoms with E-state index in [-0.39, 0.29) is 17.4 Å². The molecule has 0 aliphatic heterocycles. The minimum absolute atomic E-state index is 0.131. The number of carbonyl (C=O) groups is 1. The van der Waals surface area contributed by atoms with Crippen molar-refractivity contribution in [1.29, 1.82) is 0 Å². The number of phenols is 1. The lowest BCUT2D eigenvalue weighted by Crippen LogP contribution is -2.14. The summed E-state index contributed by atoms with van der Waals surface area (Å²) in [6.45, 7) is 2.55. The van der Waals surface area contributed by atoms with Crippen molar-refractivity contribution >= 4 is 46.6 Å². The highest BCUT2D eigenvalue weighted by Gasteiger charge is 2.16. The van der Waals surface area contributed by atoms with Crippen LogP contribution < -0.4 is 5.32 Å². The van der Waals surface area contributed by atoms with E-state index in [0.29, 0.717) is 38.8 Å². The molecule has 6 nitrogen and oxygen atoms in total. The van der Waals surface area contributed by atoms with E-state index in [1.54, 1.807) is 36.4 Å². The van der Waals surface area contributed by atoms with Crippen LogP contribution in [0.3, 0.4) is 0 Å². The van der Waals surface area contributed by atoms with Crippen molar-refractivity contribution in [3.63, 3.8) is 0 Å². The van der Waals surface area contributed by atoms with Gasteiger partial charge in [0.15, 0.2) is 11.0 Å². The molecule has 3 rings (SSSR count). The zero-order valence-electron chi connectivity index (χ0n) is 14.3. The average Bonchev–Trinajstić information content (AvgIpc) is 3.02. The molecule has 1 heterocycles. The molecule has 0 bridgehead atoms. The number of hydrogen-bond donors (Lipinski definition) is 2. The molecule has 2 aromatic carbocycles. The van der Waals surface area contributed by atoms with Crippen LogP contribution in [0.5, 0.6) is 5.75 Å². The number of amides is 1. The van der Waals surface area contributed by atoms with Crippen LogP contribution in [0.1, 0.15) is 6.92 Å². The number of aromatic hydroxyl groups is 1. The highest BCUT2D eigenvalue weighted by Crippen LogP contribution is 2.30. The van der Waals surface area contributed by atoms with Gasteiger partial charge in [-0.25, -0.2) is 0 Å². The predicted molar refractivity (Wildman–Crippen MR) is 109 cm³/mol. The van der Waals surface area contributed by atoms with Gasteiger partial charge in [0.2, 0.25) is 5.91 Å². The third kappa shape index (κ3) is 4.74. The molecule has 0 aliphatic carbocycles. The highest BCUT2D eigenvalue weighted by atomic mass is 35.5. The average molecular weight is 423 g/mol. The van der Waals surface area contributed by atoms with Crippen LogP contribution in [0.25, 0.3) is 11.4 Å². The van der Waals surface area contributed by atoms with Crippen LogP contribution in [-0.4, -0.2) is 31.5 Å². The van der Waals surface area contributed by atoms with Gasteiger partial charge < -0.3 is 15.0 Å². The number of phenolic OH excluding ortho intramolecular Hbond substituents is 1. The summed E-state index contributed by atoms with van der Waals surface area (Å²) >= 11 is 13.1. The lowest BCUT2D eigenvalue weighted by atomic mass is 10.2. The molecule has 0 fully saturated rings. The van der Waals surface area contributed by atoms with Gasteiger partial charge >= 0.3 is 0 Å². The van der Waals surface area contributed by atoms with Crippen LogP contribution in [0, 0.1) is 0 Å². The molecule has 27 heavy (non-hydrogen) atoms. The number of para-hydroxylation sites is 1. The Labute approximate surface area is 170 Å². The number of halogens is 2. The van der Waals surface area contributed by atoms with Crippen molar-refractivity contribution in [3.8, 4) is 17.1 Å². The lowest BCUT2D eigenvalue weighted by molar-refractivity contribution is -0.113. The quantitative estimate of drug-likeness (QED) is 0.562. The Morgan fingerprint density at radius 1 is 1.19 bits per heavy atom. The summed E-state index contributed by atoms with van der Waals surface area (Å²) in [5.74, 6) is 0.614. The van der Waals surface area contributed by atoms with Crippen molar-refractivity contribution in [1.82, 2.24) is 14.8 Å². The smallest absolute Gasteiger partial charge is 0.234 e. The molecule has 0 saturated carbocycles. The standard InChI is InChI=1S/C18H16Cl2N4O2S/c1-2-24-17(14-5-3-4-6-15(14)25)22-23-18(24)27-10-16(26)21-13-8-11(19)7-12(20)9-13/h3-9,25H,2,10H2,1H3,(H,21,26).